The molecule has 0 bridgehead atoms. The van der Waals surface area contributed by atoms with E-state index < -0.39 is 0 Å². The number of methoxy groups -OCH3 is 2. The van der Waals surface area contributed by atoms with Crippen LogP contribution in [0.4, 0.5) is 5.13 Å². The molecule has 3 aromatic rings. The first kappa shape index (κ1) is 15.7. The number of para-hydroxylation sites is 1. The number of hydrogen-bond donors (Lipinski definition) is 0. The summed E-state index contributed by atoms with van der Waals surface area (Å²) in [6.07, 6.45) is 1.78. The number of ether oxygens (including phenoxy) is 3. The summed E-state index contributed by atoms with van der Waals surface area (Å²) >= 11 is 1.54. The molecule has 0 saturated heterocycles. The zero-order chi connectivity index (χ0) is 17.2. The zero-order valence-electron chi connectivity index (χ0n) is 13.9. The van der Waals surface area contributed by atoms with E-state index in [0.717, 1.165) is 38.9 Å². The molecule has 1 aromatic heterocycles. The molecular weight excluding hydrogens is 336 g/mol. The van der Waals surface area contributed by atoms with Crippen LogP contribution < -0.4 is 14.2 Å². The summed E-state index contributed by atoms with van der Waals surface area (Å²) in [5.74, 6) is 2.34. The van der Waals surface area contributed by atoms with Crippen molar-refractivity contribution in [3.63, 3.8) is 0 Å². The zero-order valence-corrected chi connectivity index (χ0v) is 14.7. The molecule has 0 aliphatic carbocycles. The molecule has 0 saturated carbocycles. The number of aromatic nitrogens is 1. The third-order valence-corrected chi connectivity index (χ3v) is 4.88. The van der Waals surface area contributed by atoms with Gasteiger partial charge in [-0.25, -0.2) is 9.98 Å². The lowest BCUT2D eigenvalue weighted by atomic mass is 10.1. The van der Waals surface area contributed by atoms with E-state index in [4.69, 9.17) is 14.2 Å². The van der Waals surface area contributed by atoms with Crippen molar-refractivity contribution < 1.29 is 14.2 Å². The van der Waals surface area contributed by atoms with Crippen molar-refractivity contribution in [2.24, 2.45) is 4.99 Å². The van der Waals surface area contributed by atoms with Gasteiger partial charge in [-0.05, 0) is 24.3 Å². The molecule has 0 fully saturated rings. The summed E-state index contributed by atoms with van der Waals surface area (Å²) in [6, 6.07) is 13.5. The van der Waals surface area contributed by atoms with Crippen molar-refractivity contribution in [1.29, 1.82) is 0 Å². The Morgan fingerprint density at radius 2 is 2.04 bits per heavy atom. The Balaban J connectivity index is 1.66. The number of aliphatic imine (C=N–C) groups is 1. The predicted octanol–water partition coefficient (Wildman–Crippen LogP) is 4.47. The van der Waals surface area contributed by atoms with Crippen molar-refractivity contribution in [1.82, 2.24) is 4.98 Å². The van der Waals surface area contributed by atoms with Crippen molar-refractivity contribution >= 4 is 22.7 Å². The molecule has 0 N–H and O–H groups in total. The predicted molar refractivity (Wildman–Crippen MR) is 98.7 cm³/mol. The quantitative estimate of drug-likeness (QED) is 0.650. The van der Waals surface area contributed by atoms with E-state index in [1.165, 1.54) is 11.3 Å². The normalized spacial score (nSPS) is 12.4. The minimum atomic E-state index is 0.497. The average molecular weight is 352 g/mol. The third-order valence-electron chi connectivity index (χ3n) is 3.94. The van der Waals surface area contributed by atoms with Gasteiger partial charge < -0.3 is 14.2 Å². The minimum Gasteiger partial charge on any atom is -0.497 e. The van der Waals surface area contributed by atoms with Crippen LogP contribution in [-0.4, -0.2) is 25.4 Å². The third kappa shape index (κ3) is 2.96. The van der Waals surface area contributed by atoms with Crippen LogP contribution >= 0.6 is 11.3 Å². The Bertz CT molecular complexity index is 950. The van der Waals surface area contributed by atoms with E-state index in [-0.39, 0.29) is 0 Å². The maximum atomic E-state index is 5.82. The maximum absolute atomic E-state index is 5.82. The first-order valence-corrected chi connectivity index (χ1v) is 8.58. The van der Waals surface area contributed by atoms with E-state index in [9.17, 15) is 0 Å². The van der Waals surface area contributed by atoms with Gasteiger partial charge in [0.2, 0.25) is 5.13 Å². The largest absolute Gasteiger partial charge is 0.497 e. The van der Waals surface area contributed by atoms with Crippen molar-refractivity contribution in [2.45, 2.75) is 6.61 Å². The standard InChI is InChI=1S/C19H16N2O3S/c1-22-13-7-8-14-16(9-13)24-11-17-18(14)21-19(25-17)20-10-12-5-3-4-6-15(12)23-2/h3-10H,11H2,1-2H3. The number of benzene rings is 2. The molecule has 4 rings (SSSR count). The number of thiazole rings is 1. The van der Waals surface area contributed by atoms with Crippen LogP contribution in [0.25, 0.3) is 11.3 Å². The number of hydrogen-bond acceptors (Lipinski definition) is 6. The Hall–Kier alpha value is -2.86. The summed E-state index contributed by atoms with van der Waals surface area (Å²) in [5, 5.41) is 0.697. The average Bonchev–Trinajstić information content (AvgIpc) is 3.09. The van der Waals surface area contributed by atoms with Gasteiger partial charge in [-0.1, -0.05) is 23.5 Å². The molecule has 5 nitrogen and oxygen atoms in total. The molecule has 0 amide bonds. The molecule has 0 spiro atoms. The second kappa shape index (κ2) is 6.57. The van der Waals surface area contributed by atoms with E-state index in [0.29, 0.717) is 11.7 Å². The first-order valence-electron chi connectivity index (χ1n) is 7.76. The molecule has 2 heterocycles. The van der Waals surface area contributed by atoms with Crippen LogP contribution in [0.5, 0.6) is 17.2 Å². The highest BCUT2D eigenvalue weighted by Gasteiger charge is 2.22. The van der Waals surface area contributed by atoms with Crippen LogP contribution in [0.3, 0.4) is 0 Å². The van der Waals surface area contributed by atoms with Crippen molar-refractivity contribution in [3.05, 3.63) is 52.9 Å². The van der Waals surface area contributed by atoms with Crippen molar-refractivity contribution in [3.8, 4) is 28.5 Å². The number of fused-ring (bicyclic) bond motifs is 3. The van der Waals surface area contributed by atoms with Gasteiger partial charge in [0.15, 0.2) is 0 Å². The highest BCUT2D eigenvalue weighted by atomic mass is 32.1. The lowest BCUT2D eigenvalue weighted by Crippen LogP contribution is -2.03. The van der Waals surface area contributed by atoms with Crippen LogP contribution in [0.1, 0.15) is 10.4 Å². The molecule has 2 aromatic carbocycles. The molecular formula is C19H16N2O3S. The molecule has 1 aliphatic rings. The fourth-order valence-electron chi connectivity index (χ4n) is 2.69. The van der Waals surface area contributed by atoms with E-state index in [1.54, 1.807) is 20.4 Å². The van der Waals surface area contributed by atoms with Gasteiger partial charge in [0.25, 0.3) is 0 Å². The lowest BCUT2D eigenvalue weighted by molar-refractivity contribution is 0.303. The van der Waals surface area contributed by atoms with E-state index >= 15 is 0 Å². The molecule has 0 unspecified atom stereocenters. The monoisotopic (exact) mass is 352 g/mol. The van der Waals surface area contributed by atoms with Crippen LogP contribution in [0.15, 0.2) is 47.5 Å². The molecule has 6 heteroatoms. The minimum absolute atomic E-state index is 0.497. The smallest absolute Gasteiger partial charge is 0.210 e. The Labute approximate surface area is 149 Å². The van der Waals surface area contributed by atoms with Crippen LogP contribution in [0, 0.1) is 0 Å². The van der Waals surface area contributed by atoms with Gasteiger partial charge in [-0.2, -0.15) is 0 Å². The van der Waals surface area contributed by atoms with Crippen LogP contribution in [-0.2, 0) is 6.61 Å². The van der Waals surface area contributed by atoms with Gasteiger partial charge in [-0.15, -0.1) is 0 Å². The SMILES string of the molecule is COc1ccc2c(c1)OCc1sc(N=Cc3ccccc3OC)nc1-2. The molecule has 25 heavy (non-hydrogen) atoms. The lowest BCUT2D eigenvalue weighted by Gasteiger charge is -2.16. The highest BCUT2D eigenvalue weighted by molar-refractivity contribution is 7.15. The molecule has 0 radical (unpaired) electrons. The van der Waals surface area contributed by atoms with Crippen LogP contribution in [0.2, 0.25) is 0 Å². The summed E-state index contributed by atoms with van der Waals surface area (Å²) in [5.41, 5.74) is 2.82. The molecule has 0 atom stereocenters. The molecule has 1 aliphatic heterocycles. The van der Waals surface area contributed by atoms with Gasteiger partial charge in [0, 0.05) is 23.4 Å². The Morgan fingerprint density at radius 1 is 1.16 bits per heavy atom. The Kier molecular flexibility index (Phi) is 4.11. The summed E-state index contributed by atoms with van der Waals surface area (Å²) in [7, 11) is 3.29. The highest BCUT2D eigenvalue weighted by Crippen LogP contribution is 2.43. The van der Waals surface area contributed by atoms with Gasteiger partial charge in [0.1, 0.15) is 23.9 Å². The summed E-state index contributed by atoms with van der Waals surface area (Å²) in [6.45, 7) is 0.497. The first-order chi connectivity index (χ1) is 12.3. The number of nitrogens with zero attached hydrogens (tertiary/aromatic N) is 2. The number of rotatable bonds is 4. The van der Waals surface area contributed by atoms with E-state index in [1.807, 2.05) is 42.5 Å². The van der Waals surface area contributed by atoms with Gasteiger partial charge >= 0.3 is 0 Å². The fraction of sp³-hybridized carbons (Fsp3) is 0.158. The topological polar surface area (TPSA) is 52.9 Å². The van der Waals surface area contributed by atoms with Gasteiger partial charge in [-0.3, -0.25) is 0 Å². The van der Waals surface area contributed by atoms with Crippen molar-refractivity contribution in [2.75, 3.05) is 14.2 Å². The Morgan fingerprint density at radius 3 is 2.88 bits per heavy atom. The maximum Gasteiger partial charge on any atom is 0.210 e. The second-order valence-electron chi connectivity index (χ2n) is 5.42. The summed E-state index contributed by atoms with van der Waals surface area (Å²) in [4.78, 5) is 10.3. The summed E-state index contributed by atoms with van der Waals surface area (Å²) < 4.78 is 16.4. The second-order valence-corrected chi connectivity index (χ2v) is 6.48. The van der Waals surface area contributed by atoms with Gasteiger partial charge in [0.05, 0.1) is 24.8 Å². The molecule has 126 valence electrons. The fourth-order valence-corrected chi connectivity index (χ4v) is 3.52. The van der Waals surface area contributed by atoms with E-state index in [2.05, 4.69) is 9.98 Å².